The van der Waals surface area contributed by atoms with E-state index in [1.807, 2.05) is 31.0 Å². The molecule has 0 radical (unpaired) electrons. The molecule has 7 nitrogen and oxygen atoms in total. The van der Waals surface area contributed by atoms with Crippen LogP contribution in [0.15, 0.2) is 28.8 Å². The first-order chi connectivity index (χ1) is 11.0. The van der Waals surface area contributed by atoms with Gasteiger partial charge in [0.15, 0.2) is 5.82 Å². The molecule has 2 rings (SSSR count). The Hall–Kier alpha value is -2.41. The summed E-state index contributed by atoms with van der Waals surface area (Å²) in [4.78, 5) is 18.4. The Labute approximate surface area is 135 Å². The van der Waals surface area contributed by atoms with Crippen LogP contribution in [0.2, 0.25) is 0 Å². The van der Waals surface area contributed by atoms with Gasteiger partial charge in [-0.3, -0.25) is 4.79 Å². The Morgan fingerprint density at radius 3 is 2.61 bits per heavy atom. The van der Waals surface area contributed by atoms with E-state index in [4.69, 9.17) is 9.63 Å². The molecular formula is C16H22N4O3. The number of hydrogen-bond acceptors (Lipinski definition) is 6. The Morgan fingerprint density at radius 2 is 2.09 bits per heavy atom. The van der Waals surface area contributed by atoms with Crippen molar-refractivity contribution >= 4 is 11.6 Å². The molecule has 1 unspecified atom stereocenters. The normalized spacial score (nSPS) is 12.0. The molecule has 1 aromatic carbocycles. The molecule has 0 spiro atoms. The lowest BCUT2D eigenvalue weighted by atomic mass is 10.1. The van der Waals surface area contributed by atoms with Crippen LogP contribution < -0.4 is 10.2 Å². The van der Waals surface area contributed by atoms with Crippen LogP contribution >= 0.6 is 0 Å². The molecular weight excluding hydrogens is 296 g/mol. The fourth-order valence-electron chi connectivity index (χ4n) is 2.18. The van der Waals surface area contributed by atoms with Gasteiger partial charge < -0.3 is 19.8 Å². The maximum Gasteiger partial charge on any atom is 0.251 e. The zero-order chi connectivity index (χ0) is 16.8. The van der Waals surface area contributed by atoms with Crippen molar-refractivity contribution in [3.8, 4) is 0 Å². The second-order valence-corrected chi connectivity index (χ2v) is 5.31. The van der Waals surface area contributed by atoms with Crippen LogP contribution in [0.4, 0.5) is 5.69 Å². The zero-order valence-corrected chi connectivity index (χ0v) is 13.6. The van der Waals surface area contributed by atoms with Crippen LogP contribution in [0.5, 0.6) is 0 Å². The van der Waals surface area contributed by atoms with Gasteiger partial charge in [-0.1, -0.05) is 12.1 Å². The summed E-state index contributed by atoms with van der Waals surface area (Å²) >= 11 is 0. The molecule has 0 saturated carbocycles. The first-order valence-corrected chi connectivity index (χ1v) is 7.58. The van der Waals surface area contributed by atoms with E-state index >= 15 is 0 Å². The van der Waals surface area contributed by atoms with Gasteiger partial charge >= 0.3 is 0 Å². The molecule has 0 aliphatic carbocycles. The quantitative estimate of drug-likeness (QED) is 0.807. The number of nitrogens with zero attached hydrogens (tertiary/aromatic N) is 3. The molecule has 0 fully saturated rings. The third kappa shape index (κ3) is 4.29. The Balaban J connectivity index is 2.05. The number of hydrogen-bond donors (Lipinski definition) is 2. The van der Waals surface area contributed by atoms with Crippen LogP contribution in [0.25, 0.3) is 0 Å². The van der Waals surface area contributed by atoms with Crippen LogP contribution in [0.3, 0.4) is 0 Å². The average Bonchev–Trinajstić information content (AvgIpc) is 2.99. The van der Waals surface area contributed by atoms with Gasteiger partial charge in [0, 0.05) is 24.8 Å². The number of carbonyl (C=O) groups excluding carboxylic acids is 1. The number of aliphatic hydroxyl groups is 1. The van der Waals surface area contributed by atoms with Gasteiger partial charge in [-0.2, -0.15) is 4.98 Å². The third-order valence-corrected chi connectivity index (χ3v) is 3.56. The van der Waals surface area contributed by atoms with Crippen molar-refractivity contribution in [1.29, 1.82) is 0 Å². The van der Waals surface area contributed by atoms with Crippen molar-refractivity contribution in [2.24, 2.45) is 0 Å². The SMILES string of the molecule is CCC(NC(=O)c1ccc(N(C)CCO)cc1)c1nc(C)no1. The molecule has 1 aromatic heterocycles. The minimum absolute atomic E-state index is 0.0838. The number of carbonyl (C=O) groups is 1. The molecule has 124 valence electrons. The number of benzene rings is 1. The Kier molecular flexibility index (Phi) is 5.70. The fraction of sp³-hybridized carbons (Fsp3) is 0.438. The zero-order valence-electron chi connectivity index (χ0n) is 13.6. The van der Waals surface area contributed by atoms with Gasteiger partial charge in [-0.15, -0.1) is 0 Å². The van der Waals surface area contributed by atoms with E-state index in [9.17, 15) is 4.79 Å². The topological polar surface area (TPSA) is 91.5 Å². The van der Waals surface area contributed by atoms with E-state index in [0.29, 0.717) is 30.2 Å². The molecule has 0 bridgehead atoms. The number of rotatable bonds is 7. The summed E-state index contributed by atoms with van der Waals surface area (Å²) in [5, 5.41) is 15.6. The van der Waals surface area contributed by atoms with E-state index < -0.39 is 0 Å². The van der Waals surface area contributed by atoms with Gasteiger partial charge in [0.05, 0.1) is 6.61 Å². The van der Waals surface area contributed by atoms with Gasteiger partial charge in [-0.05, 0) is 37.6 Å². The van der Waals surface area contributed by atoms with Crippen molar-refractivity contribution < 1.29 is 14.4 Å². The average molecular weight is 318 g/mol. The van der Waals surface area contributed by atoms with E-state index in [1.54, 1.807) is 19.1 Å². The highest BCUT2D eigenvalue weighted by atomic mass is 16.5. The van der Waals surface area contributed by atoms with E-state index in [0.717, 1.165) is 5.69 Å². The van der Waals surface area contributed by atoms with Crippen molar-refractivity contribution in [2.45, 2.75) is 26.3 Å². The molecule has 7 heteroatoms. The summed E-state index contributed by atoms with van der Waals surface area (Å²) in [5.74, 6) is 0.769. The Morgan fingerprint density at radius 1 is 1.39 bits per heavy atom. The fourth-order valence-corrected chi connectivity index (χ4v) is 2.18. The lowest BCUT2D eigenvalue weighted by Gasteiger charge is -2.18. The largest absolute Gasteiger partial charge is 0.395 e. The monoisotopic (exact) mass is 318 g/mol. The molecule has 2 aromatic rings. The molecule has 1 amide bonds. The summed E-state index contributed by atoms with van der Waals surface area (Å²) in [7, 11) is 1.89. The van der Waals surface area contributed by atoms with Crippen LogP contribution in [-0.2, 0) is 0 Å². The number of aryl methyl sites for hydroxylation is 1. The minimum Gasteiger partial charge on any atom is -0.395 e. The molecule has 0 saturated heterocycles. The maximum absolute atomic E-state index is 12.3. The summed E-state index contributed by atoms with van der Waals surface area (Å²) in [5.41, 5.74) is 1.50. The second-order valence-electron chi connectivity index (χ2n) is 5.31. The number of aromatic nitrogens is 2. The smallest absolute Gasteiger partial charge is 0.251 e. The van der Waals surface area contributed by atoms with Crippen LogP contribution in [-0.4, -0.2) is 41.4 Å². The predicted molar refractivity (Wildman–Crippen MR) is 86.3 cm³/mol. The molecule has 1 heterocycles. The highest BCUT2D eigenvalue weighted by molar-refractivity contribution is 5.94. The molecule has 23 heavy (non-hydrogen) atoms. The van der Waals surface area contributed by atoms with Crippen LogP contribution in [0.1, 0.15) is 41.5 Å². The maximum atomic E-state index is 12.3. The van der Waals surface area contributed by atoms with Crippen LogP contribution in [0, 0.1) is 6.92 Å². The first-order valence-electron chi connectivity index (χ1n) is 7.58. The van der Waals surface area contributed by atoms with Crippen molar-refractivity contribution in [3.63, 3.8) is 0 Å². The highest BCUT2D eigenvalue weighted by Crippen LogP contribution is 2.17. The molecule has 2 N–H and O–H groups in total. The number of amides is 1. The second kappa shape index (κ2) is 7.73. The third-order valence-electron chi connectivity index (χ3n) is 3.56. The summed E-state index contributed by atoms with van der Waals surface area (Å²) in [6.07, 6.45) is 0.657. The number of nitrogens with one attached hydrogen (secondary N) is 1. The molecule has 0 aliphatic rings. The lowest BCUT2D eigenvalue weighted by Crippen LogP contribution is -2.28. The van der Waals surface area contributed by atoms with E-state index in [1.165, 1.54) is 0 Å². The predicted octanol–water partition coefficient (Wildman–Crippen LogP) is 1.69. The number of aliphatic hydroxyl groups excluding tert-OH is 1. The summed E-state index contributed by atoms with van der Waals surface area (Å²) in [6, 6.07) is 6.90. The summed E-state index contributed by atoms with van der Waals surface area (Å²) in [6.45, 7) is 4.31. The lowest BCUT2D eigenvalue weighted by molar-refractivity contribution is 0.0927. The van der Waals surface area contributed by atoms with Gasteiger partial charge in [0.1, 0.15) is 6.04 Å². The van der Waals surface area contributed by atoms with Crippen molar-refractivity contribution in [1.82, 2.24) is 15.5 Å². The number of likely N-dealkylation sites (N-methyl/N-ethyl adjacent to an activating group) is 1. The van der Waals surface area contributed by atoms with Gasteiger partial charge in [-0.25, -0.2) is 0 Å². The number of anilines is 1. The van der Waals surface area contributed by atoms with Gasteiger partial charge in [0.2, 0.25) is 5.89 Å². The van der Waals surface area contributed by atoms with Gasteiger partial charge in [0.25, 0.3) is 5.91 Å². The van der Waals surface area contributed by atoms with Crippen molar-refractivity contribution in [3.05, 3.63) is 41.5 Å². The van der Waals surface area contributed by atoms with E-state index in [2.05, 4.69) is 15.5 Å². The minimum atomic E-state index is -0.305. The Bertz CT molecular complexity index is 639. The summed E-state index contributed by atoms with van der Waals surface area (Å²) < 4.78 is 5.13. The first kappa shape index (κ1) is 17.0. The highest BCUT2D eigenvalue weighted by Gasteiger charge is 2.19. The van der Waals surface area contributed by atoms with E-state index in [-0.39, 0.29) is 18.6 Å². The standard InChI is InChI=1S/C16H22N4O3/c1-4-14(16-17-11(2)19-23-16)18-15(22)12-5-7-13(8-6-12)20(3)9-10-21/h5-8,14,21H,4,9-10H2,1-3H3,(H,18,22). The van der Waals surface area contributed by atoms with Crippen molar-refractivity contribution in [2.75, 3.05) is 25.1 Å². The molecule has 1 atom stereocenters. The molecule has 0 aliphatic heterocycles.